The summed E-state index contributed by atoms with van der Waals surface area (Å²) in [6.07, 6.45) is 2.05. The van der Waals surface area contributed by atoms with Gasteiger partial charge < -0.3 is 9.64 Å². The van der Waals surface area contributed by atoms with Crippen LogP contribution in [-0.4, -0.2) is 36.5 Å². The second-order valence-electron chi connectivity index (χ2n) is 5.89. The molecule has 1 aliphatic rings. The van der Waals surface area contributed by atoms with E-state index in [1.165, 1.54) is 0 Å². The molecule has 0 radical (unpaired) electrons. The third-order valence-corrected chi connectivity index (χ3v) is 4.29. The van der Waals surface area contributed by atoms with Crippen molar-refractivity contribution in [1.29, 1.82) is 0 Å². The van der Waals surface area contributed by atoms with Crippen LogP contribution in [0.1, 0.15) is 41.3 Å². The molecule has 0 spiro atoms. The molecule has 1 aliphatic heterocycles. The molecule has 0 saturated carbocycles. The molecule has 0 unspecified atom stereocenters. The Balaban J connectivity index is 1.89. The lowest BCUT2D eigenvalue weighted by Crippen LogP contribution is -2.40. The van der Waals surface area contributed by atoms with E-state index in [9.17, 15) is 9.59 Å². The first-order valence-electron chi connectivity index (χ1n) is 7.50. The molecule has 4 nitrogen and oxygen atoms in total. The molecular formula is C17H23NO3. The van der Waals surface area contributed by atoms with Crippen LogP contribution in [0.3, 0.4) is 0 Å². The molecule has 0 aromatic heterocycles. The zero-order valence-corrected chi connectivity index (χ0v) is 13.0. The Labute approximate surface area is 126 Å². The number of rotatable bonds is 3. The quantitative estimate of drug-likeness (QED) is 0.804. The Morgan fingerprint density at radius 3 is 2.57 bits per heavy atom. The minimum Gasteiger partial charge on any atom is -0.452 e. The second kappa shape index (κ2) is 6.74. The molecule has 0 N–H and O–H groups in total. The minimum atomic E-state index is -0.421. The predicted molar refractivity (Wildman–Crippen MR) is 81.2 cm³/mol. The number of nitrogens with zero attached hydrogens (tertiary/aromatic N) is 1. The molecule has 1 saturated heterocycles. The normalized spacial score (nSPS) is 15.9. The third-order valence-electron chi connectivity index (χ3n) is 4.29. The number of piperidine rings is 1. The fourth-order valence-corrected chi connectivity index (χ4v) is 2.53. The first kappa shape index (κ1) is 15.5. The molecule has 1 aromatic carbocycles. The summed E-state index contributed by atoms with van der Waals surface area (Å²) in [4.78, 5) is 25.9. The molecule has 0 atom stereocenters. The number of hydrogen-bond donors (Lipinski definition) is 0. The maximum atomic E-state index is 12.1. The molecule has 1 amide bonds. The van der Waals surface area contributed by atoms with Crippen LogP contribution in [0.5, 0.6) is 0 Å². The summed E-state index contributed by atoms with van der Waals surface area (Å²) in [5.74, 6) is 0.155. The lowest BCUT2D eigenvalue weighted by atomic mass is 9.99. The van der Waals surface area contributed by atoms with Crippen molar-refractivity contribution in [3.05, 3.63) is 34.9 Å². The molecule has 2 rings (SSSR count). The van der Waals surface area contributed by atoms with Crippen molar-refractivity contribution in [3.8, 4) is 0 Å². The number of amides is 1. The largest absolute Gasteiger partial charge is 0.452 e. The summed E-state index contributed by atoms with van der Waals surface area (Å²) in [7, 11) is 0. The second-order valence-corrected chi connectivity index (χ2v) is 5.89. The number of benzene rings is 1. The third kappa shape index (κ3) is 3.84. The zero-order chi connectivity index (χ0) is 15.4. The summed E-state index contributed by atoms with van der Waals surface area (Å²) >= 11 is 0. The smallest absolute Gasteiger partial charge is 0.338 e. The lowest BCUT2D eigenvalue weighted by Gasteiger charge is -2.30. The van der Waals surface area contributed by atoms with E-state index in [-0.39, 0.29) is 12.5 Å². The van der Waals surface area contributed by atoms with Gasteiger partial charge in [-0.2, -0.15) is 0 Å². The van der Waals surface area contributed by atoms with E-state index in [0.29, 0.717) is 11.5 Å². The van der Waals surface area contributed by atoms with Gasteiger partial charge in [-0.05, 0) is 49.8 Å². The Morgan fingerprint density at radius 2 is 1.90 bits per heavy atom. The first-order valence-corrected chi connectivity index (χ1v) is 7.50. The van der Waals surface area contributed by atoms with E-state index in [0.717, 1.165) is 37.1 Å². The maximum absolute atomic E-state index is 12.1. The van der Waals surface area contributed by atoms with Crippen LogP contribution >= 0.6 is 0 Å². The van der Waals surface area contributed by atoms with Crippen molar-refractivity contribution in [2.75, 3.05) is 19.7 Å². The summed E-state index contributed by atoms with van der Waals surface area (Å²) < 4.78 is 5.18. The number of esters is 1. The van der Waals surface area contributed by atoms with E-state index < -0.39 is 5.97 Å². The van der Waals surface area contributed by atoms with Crippen LogP contribution in [0, 0.1) is 19.8 Å². The highest BCUT2D eigenvalue weighted by atomic mass is 16.5. The van der Waals surface area contributed by atoms with Crippen molar-refractivity contribution in [2.24, 2.45) is 5.92 Å². The summed E-state index contributed by atoms with van der Waals surface area (Å²) in [5, 5.41) is 0. The highest BCUT2D eigenvalue weighted by molar-refractivity contribution is 5.93. The molecule has 21 heavy (non-hydrogen) atoms. The van der Waals surface area contributed by atoms with Crippen LogP contribution in [0.4, 0.5) is 0 Å². The average molecular weight is 289 g/mol. The van der Waals surface area contributed by atoms with Crippen LogP contribution in [0.25, 0.3) is 0 Å². The Kier molecular flexibility index (Phi) is 4.99. The number of ether oxygens (including phenoxy) is 1. The zero-order valence-electron chi connectivity index (χ0n) is 13.0. The van der Waals surface area contributed by atoms with E-state index in [4.69, 9.17) is 4.74 Å². The summed E-state index contributed by atoms with van der Waals surface area (Å²) in [6, 6.07) is 5.51. The van der Waals surface area contributed by atoms with Crippen LogP contribution in [-0.2, 0) is 9.53 Å². The van der Waals surface area contributed by atoms with Crippen molar-refractivity contribution in [2.45, 2.75) is 33.6 Å². The minimum absolute atomic E-state index is 0.0967. The SMILES string of the molecule is Cc1cccc(C(=O)OCC(=O)N2CCC(C)CC2)c1C. The molecular weight excluding hydrogens is 266 g/mol. The van der Waals surface area contributed by atoms with Gasteiger partial charge in [0.2, 0.25) is 0 Å². The predicted octanol–water partition coefficient (Wildman–Crippen LogP) is 2.72. The number of likely N-dealkylation sites (tertiary alicyclic amines) is 1. The number of carbonyl (C=O) groups excluding carboxylic acids is 2. The first-order chi connectivity index (χ1) is 9.99. The standard InChI is InChI=1S/C17H23NO3/c1-12-7-9-18(10-8-12)16(19)11-21-17(20)15-6-4-5-13(2)14(15)3/h4-6,12H,7-11H2,1-3H3. The monoisotopic (exact) mass is 289 g/mol. The Bertz CT molecular complexity index is 531. The van der Waals surface area contributed by atoms with Crippen molar-refractivity contribution >= 4 is 11.9 Å². The highest BCUT2D eigenvalue weighted by Crippen LogP contribution is 2.17. The topological polar surface area (TPSA) is 46.6 Å². The van der Waals surface area contributed by atoms with Crippen molar-refractivity contribution in [3.63, 3.8) is 0 Å². The fraction of sp³-hybridized carbons (Fsp3) is 0.529. The van der Waals surface area contributed by atoms with Gasteiger partial charge in [-0.25, -0.2) is 4.79 Å². The lowest BCUT2D eigenvalue weighted by molar-refractivity contribution is -0.135. The number of carbonyl (C=O) groups is 2. The van der Waals surface area contributed by atoms with E-state index in [1.54, 1.807) is 11.0 Å². The van der Waals surface area contributed by atoms with Gasteiger partial charge in [0.1, 0.15) is 0 Å². The van der Waals surface area contributed by atoms with Gasteiger partial charge in [-0.3, -0.25) is 4.79 Å². The average Bonchev–Trinajstić information content (AvgIpc) is 2.48. The van der Waals surface area contributed by atoms with Crippen LogP contribution in [0.15, 0.2) is 18.2 Å². The van der Waals surface area contributed by atoms with E-state index in [1.807, 2.05) is 26.0 Å². The van der Waals surface area contributed by atoms with Crippen LogP contribution < -0.4 is 0 Å². The van der Waals surface area contributed by atoms with Gasteiger partial charge in [0, 0.05) is 13.1 Å². The molecule has 1 heterocycles. The highest BCUT2D eigenvalue weighted by Gasteiger charge is 2.21. The molecule has 0 aliphatic carbocycles. The Morgan fingerprint density at radius 1 is 1.24 bits per heavy atom. The van der Waals surface area contributed by atoms with Crippen molar-refractivity contribution in [1.82, 2.24) is 4.90 Å². The van der Waals surface area contributed by atoms with E-state index in [2.05, 4.69) is 6.92 Å². The summed E-state index contributed by atoms with van der Waals surface area (Å²) in [5.41, 5.74) is 2.48. The maximum Gasteiger partial charge on any atom is 0.338 e. The van der Waals surface area contributed by atoms with Gasteiger partial charge in [0.25, 0.3) is 5.91 Å². The van der Waals surface area contributed by atoms with Gasteiger partial charge in [-0.15, -0.1) is 0 Å². The summed E-state index contributed by atoms with van der Waals surface area (Å²) in [6.45, 7) is 7.40. The fourth-order valence-electron chi connectivity index (χ4n) is 2.53. The van der Waals surface area contributed by atoms with Crippen LogP contribution in [0.2, 0.25) is 0 Å². The molecule has 1 aromatic rings. The van der Waals surface area contributed by atoms with Gasteiger partial charge in [0.15, 0.2) is 6.61 Å². The number of hydrogen-bond acceptors (Lipinski definition) is 3. The molecule has 0 bridgehead atoms. The van der Waals surface area contributed by atoms with Gasteiger partial charge in [-0.1, -0.05) is 19.1 Å². The molecule has 1 fully saturated rings. The molecule has 4 heteroatoms. The van der Waals surface area contributed by atoms with Gasteiger partial charge in [0.05, 0.1) is 5.56 Å². The van der Waals surface area contributed by atoms with E-state index >= 15 is 0 Å². The van der Waals surface area contributed by atoms with Gasteiger partial charge >= 0.3 is 5.97 Å². The van der Waals surface area contributed by atoms with Crippen molar-refractivity contribution < 1.29 is 14.3 Å². The number of aryl methyl sites for hydroxylation is 1. The Hall–Kier alpha value is -1.84. The molecule has 114 valence electrons.